The van der Waals surface area contributed by atoms with Gasteiger partial charge >= 0.3 is 6.09 Å². The number of hydrogen-bond acceptors (Lipinski definition) is 7. The minimum Gasteiger partial charge on any atom is -0.410 e. The Morgan fingerprint density at radius 1 is 1.42 bits per heavy atom. The Morgan fingerprint density at radius 2 is 2.19 bits per heavy atom. The number of amides is 1. The molecule has 7 nitrogen and oxygen atoms in total. The van der Waals surface area contributed by atoms with Crippen LogP contribution in [0.3, 0.4) is 0 Å². The molecular formula is C18H25N3O4S. The van der Waals surface area contributed by atoms with E-state index in [-0.39, 0.29) is 17.1 Å². The number of thioether (sulfide) groups is 1. The molecule has 0 spiro atoms. The predicted molar refractivity (Wildman–Crippen MR) is 101 cm³/mol. The topological polar surface area (TPSA) is 76.8 Å². The molecule has 1 aliphatic heterocycles. The summed E-state index contributed by atoms with van der Waals surface area (Å²) in [7, 11) is 0. The molecule has 0 bridgehead atoms. The number of hydroxylamine groups is 1. The number of hydrogen-bond donors (Lipinski definition) is 1. The van der Waals surface area contributed by atoms with E-state index < -0.39 is 0 Å². The highest BCUT2D eigenvalue weighted by molar-refractivity contribution is 7.99. The Bertz CT molecular complexity index is 773. The van der Waals surface area contributed by atoms with Crippen molar-refractivity contribution in [1.29, 1.82) is 0 Å². The Morgan fingerprint density at radius 3 is 2.85 bits per heavy atom. The van der Waals surface area contributed by atoms with Crippen LogP contribution >= 0.6 is 11.8 Å². The van der Waals surface area contributed by atoms with Crippen LogP contribution in [0.2, 0.25) is 0 Å². The molecule has 8 heteroatoms. The molecule has 1 aromatic carbocycles. The van der Waals surface area contributed by atoms with Gasteiger partial charge < -0.3 is 14.2 Å². The third-order valence-electron chi connectivity index (χ3n) is 4.31. The molecule has 1 saturated heterocycles. The first-order chi connectivity index (χ1) is 12.4. The van der Waals surface area contributed by atoms with Crippen LogP contribution in [0.4, 0.5) is 4.79 Å². The van der Waals surface area contributed by atoms with Crippen molar-refractivity contribution in [3.05, 3.63) is 23.9 Å². The van der Waals surface area contributed by atoms with Gasteiger partial charge in [0.1, 0.15) is 11.4 Å². The van der Waals surface area contributed by atoms with E-state index in [1.165, 1.54) is 0 Å². The summed E-state index contributed by atoms with van der Waals surface area (Å²) in [5.41, 5.74) is 4.40. The van der Waals surface area contributed by atoms with Crippen molar-refractivity contribution < 1.29 is 18.9 Å². The zero-order valence-electron chi connectivity index (χ0n) is 15.6. The smallest absolute Gasteiger partial charge is 0.410 e. The van der Waals surface area contributed by atoms with Crippen LogP contribution in [0.5, 0.6) is 5.75 Å². The number of fused-ring (bicyclic) bond motifs is 1. The minimum absolute atomic E-state index is 0.157. The summed E-state index contributed by atoms with van der Waals surface area (Å²) in [4.78, 5) is 19.3. The summed E-state index contributed by atoms with van der Waals surface area (Å²) >= 11 is 1.72. The Kier molecular flexibility index (Phi) is 5.74. The van der Waals surface area contributed by atoms with E-state index in [2.05, 4.69) is 24.5 Å². The Labute approximate surface area is 157 Å². The Balaban J connectivity index is 1.69. The Hall–Kier alpha value is -1.77. The fourth-order valence-corrected chi connectivity index (χ4v) is 4.01. The fraction of sp³-hybridized carbons (Fsp3) is 0.556. The second-order valence-corrected chi connectivity index (χ2v) is 8.00. The van der Waals surface area contributed by atoms with Gasteiger partial charge in [0, 0.05) is 30.6 Å². The number of carbonyl (C=O) groups is 1. The number of nitrogens with one attached hydrogen (secondary N) is 1. The van der Waals surface area contributed by atoms with E-state index in [0.29, 0.717) is 30.2 Å². The fourth-order valence-electron chi connectivity index (χ4n) is 2.81. The van der Waals surface area contributed by atoms with E-state index in [0.717, 1.165) is 17.5 Å². The van der Waals surface area contributed by atoms with E-state index in [1.54, 1.807) is 28.8 Å². The van der Waals surface area contributed by atoms with Crippen LogP contribution in [0.1, 0.15) is 39.8 Å². The average Bonchev–Trinajstić information content (AvgIpc) is 3.16. The third kappa shape index (κ3) is 4.31. The molecular weight excluding hydrogens is 354 g/mol. The monoisotopic (exact) mass is 379 g/mol. The van der Waals surface area contributed by atoms with Crippen molar-refractivity contribution >= 4 is 28.8 Å². The van der Waals surface area contributed by atoms with Crippen molar-refractivity contribution in [2.75, 3.05) is 13.1 Å². The standard InChI is InChI=1S/C18H25N3O4S/c1-5-21(6-2)17(22)23-12-7-8-15-13(9-12)14(19-24-15)11-26-16-10-18(3,4)25-20-16/h7-9,16,20H,5-6,10-11H2,1-4H3. The maximum Gasteiger partial charge on any atom is 0.415 e. The molecule has 1 unspecified atom stereocenters. The molecule has 0 saturated carbocycles. The second-order valence-electron chi connectivity index (χ2n) is 6.81. The zero-order valence-corrected chi connectivity index (χ0v) is 16.4. The van der Waals surface area contributed by atoms with Gasteiger partial charge in [-0.3, -0.25) is 4.84 Å². The maximum absolute atomic E-state index is 12.1. The largest absolute Gasteiger partial charge is 0.415 e. The first kappa shape index (κ1) is 19.0. The van der Waals surface area contributed by atoms with Gasteiger partial charge in [-0.2, -0.15) is 5.48 Å². The summed E-state index contributed by atoms with van der Waals surface area (Å²) in [5, 5.41) is 5.24. The van der Waals surface area contributed by atoms with E-state index in [9.17, 15) is 4.79 Å². The number of rotatable bonds is 6. The first-order valence-corrected chi connectivity index (χ1v) is 9.87. The highest BCUT2D eigenvalue weighted by Gasteiger charge is 2.32. The predicted octanol–water partition coefficient (Wildman–Crippen LogP) is 3.93. The van der Waals surface area contributed by atoms with Crippen LogP contribution in [0, 0.1) is 0 Å². The van der Waals surface area contributed by atoms with Gasteiger partial charge in [0.2, 0.25) is 0 Å². The molecule has 2 aromatic rings. The third-order valence-corrected chi connectivity index (χ3v) is 5.41. The van der Waals surface area contributed by atoms with E-state index in [1.807, 2.05) is 19.9 Å². The number of carbonyl (C=O) groups excluding carboxylic acids is 1. The van der Waals surface area contributed by atoms with Crippen LogP contribution < -0.4 is 10.2 Å². The summed E-state index contributed by atoms with van der Waals surface area (Å²) in [6.45, 7) is 9.18. The lowest BCUT2D eigenvalue weighted by Crippen LogP contribution is -2.33. The van der Waals surface area contributed by atoms with Gasteiger partial charge in [-0.25, -0.2) is 4.79 Å². The van der Waals surface area contributed by atoms with Gasteiger partial charge in [-0.05, 0) is 45.9 Å². The van der Waals surface area contributed by atoms with Crippen molar-refractivity contribution in [3.8, 4) is 5.75 Å². The number of aromatic nitrogens is 1. The van der Waals surface area contributed by atoms with Gasteiger partial charge in [-0.1, -0.05) is 5.16 Å². The van der Waals surface area contributed by atoms with Crippen molar-refractivity contribution in [2.45, 2.75) is 50.8 Å². The molecule has 0 radical (unpaired) electrons. The molecule has 0 aliphatic carbocycles. The lowest BCUT2D eigenvalue weighted by Gasteiger charge is -2.17. The highest BCUT2D eigenvalue weighted by Crippen LogP contribution is 2.32. The molecule has 1 amide bonds. The first-order valence-electron chi connectivity index (χ1n) is 8.82. The van der Waals surface area contributed by atoms with Crippen molar-refractivity contribution in [3.63, 3.8) is 0 Å². The molecule has 1 fully saturated rings. The molecule has 3 rings (SSSR count). The quantitative estimate of drug-likeness (QED) is 0.815. The summed E-state index contributed by atoms with van der Waals surface area (Å²) < 4.78 is 10.9. The molecule has 1 aliphatic rings. The molecule has 26 heavy (non-hydrogen) atoms. The molecule has 2 heterocycles. The zero-order chi connectivity index (χ0) is 18.7. The molecule has 1 atom stereocenters. The second kappa shape index (κ2) is 7.85. The normalized spacial score (nSPS) is 19.0. The molecule has 1 N–H and O–H groups in total. The van der Waals surface area contributed by atoms with Crippen LogP contribution in [-0.4, -0.2) is 40.2 Å². The number of nitrogens with zero attached hydrogens (tertiary/aromatic N) is 2. The van der Waals surface area contributed by atoms with Crippen molar-refractivity contribution in [2.24, 2.45) is 0 Å². The SMILES string of the molecule is CCN(CC)C(=O)Oc1ccc2onc(CSC3CC(C)(C)ON3)c2c1. The minimum atomic E-state index is -0.351. The summed E-state index contributed by atoms with van der Waals surface area (Å²) in [6.07, 6.45) is 0.566. The highest BCUT2D eigenvalue weighted by atomic mass is 32.2. The molecule has 1 aromatic heterocycles. The lowest BCUT2D eigenvalue weighted by molar-refractivity contribution is -0.0279. The summed E-state index contributed by atoms with van der Waals surface area (Å²) in [5.74, 6) is 1.17. The van der Waals surface area contributed by atoms with Crippen LogP contribution in [-0.2, 0) is 10.6 Å². The maximum atomic E-state index is 12.1. The lowest BCUT2D eigenvalue weighted by atomic mass is 10.1. The van der Waals surface area contributed by atoms with Crippen LogP contribution in [0.25, 0.3) is 11.0 Å². The van der Waals surface area contributed by atoms with Gasteiger partial charge in [0.25, 0.3) is 0 Å². The van der Waals surface area contributed by atoms with E-state index >= 15 is 0 Å². The van der Waals surface area contributed by atoms with E-state index in [4.69, 9.17) is 14.1 Å². The average molecular weight is 379 g/mol. The molecule has 142 valence electrons. The summed E-state index contributed by atoms with van der Waals surface area (Å²) in [6, 6.07) is 5.31. The van der Waals surface area contributed by atoms with Gasteiger partial charge in [-0.15, -0.1) is 11.8 Å². The van der Waals surface area contributed by atoms with Gasteiger partial charge in [0.05, 0.1) is 11.0 Å². The van der Waals surface area contributed by atoms with Crippen LogP contribution in [0.15, 0.2) is 22.7 Å². The van der Waals surface area contributed by atoms with Crippen molar-refractivity contribution in [1.82, 2.24) is 15.5 Å². The van der Waals surface area contributed by atoms with Gasteiger partial charge in [0.15, 0.2) is 5.58 Å². The number of ether oxygens (including phenoxy) is 1. The number of benzene rings is 1.